The van der Waals surface area contributed by atoms with Gasteiger partial charge in [0, 0.05) is 0 Å². The van der Waals surface area contributed by atoms with Gasteiger partial charge in [-0.2, -0.15) is 0 Å². The number of ether oxygens (including phenoxy) is 1. The van der Waals surface area contributed by atoms with E-state index in [2.05, 4.69) is 15.0 Å². The summed E-state index contributed by atoms with van der Waals surface area (Å²) < 4.78 is 7.53. The van der Waals surface area contributed by atoms with E-state index in [1.807, 2.05) is 0 Å². The topological polar surface area (TPSA) is 119 Å². The minimum atomic E-state index is -1.01. The number of nitrogens with two attached hydrogens (primary N) is 1. The molecule has 1 saturated heterocycles. The fourth-order valence-corrected chi connectivity index (χ4v) is 3.06. The fraction of sp³-hybridized carbons (Fsp3) is 0.583. The number of fused-ring (bicyclic) bond motifs is 1. The van der Waals surface area contributed by atoms with E-state index in [0.29, 0.717) is 11.2 Å². The average Bonchev–Trinajstić information content (AvgIpc) is 2.92. The lowest BCUT2D eigenvalue weighted by Crippen LogP contribution is -2.48. The summed E-state index contributed by atoms with van der Waals surface area (Å²) in [6, 6.07) is 0. The Morgan fingerprint density at radius 3 is 2.75 bits per heavy atom. The molecule has 2 fully saturated rings. The van der Waals surface area contributed by atoms with Crippen LogP contribution >= 0.6 is 0 Å². The van der Waals surface area contributed by atoms with Crippen molar-refractivity contribution in [2.75, 3.05) is 5.73 Å². The van der Waals surface area contributed by atoms with Crippen molar-refractivity contribution in [3.63, 3.8) is 0 Å². The zero-order valence-electron chi connectivity index (χ0n) is 10.7. The molecule has 4 rings (SSSR count). The minimum absolute atomic E-state index is 0.278. The first kappa shape index (κ1) is 12.0. The van der Waals surface area contributed by atoms with Crippen LogP contribution in [0.5, 0.6) is 0 Å². The van der Waals surface area contributed by atoms with E-state index in [0.717, 1.165) is 19.3 Å². The number of aliphatic hydroxyl groups excluding tert-OH is 2. The Bertz CT molecular complexity index is 668. The third-order valence-corrected chi connectivity index (χ3v) is 4.37. The van der Waals surface area contributed by atoms with Gasteiger partial charge >= 0.3 is 0 Å². The maximum atomic E-state index is 10.3. The summed E-state index contributed by atoms with van der Waals surface area (Å²) in [5, 5.41) is 20.5. The molecule has 3 heterocycles. The quantitative estimate of drug-likeness (QED) is 0.647. The summed E-state index contributed by atoms with van der Waals surface area (Å²) in [6.45, 7) is 0. The Kier molecular flexibility index (Phi) is 2.33. The molecule has 8 nitrogen and oxygen atoms in total. The highest BCUT2D eigenvalue weighted by Gasteiger charge is 2.57. The first-order chi connectivity index (χ1) is 9.62. The molecule has 106 valence electrons. The number of imidazole rings is 1. The highest BCUT2D eigenvalue weighted by atomic mass is 16.6. The second-order valence-electron chi connectivity index (χ2n) is 5.45. The van der Waals surface area contributed by atoms with Gasteiger partial charge < -0.3 is 20.7 Å². The van der Waals surface area contributed by atoms with Crippen LogP contribution in [0.1, 0.15) is 25.5 Å². The standard InChI is InChI=1S/C12H15N5O3/c13-9-6-10(15-4-14-9)17(5-16-6)11-7(18)8(19)12(20-11)2-1-3-12/h4-5,7-8,11,18-19H,1-3H2,(H2,13,14,15). The van der Waals surface area contributed by atoms with Crippen molar-refractivity contribution in [2.45, 2.75) is 43.3 Å². The molecule has 0 aromatic carbocycles. The molecule has 2 aromatic heterocycles. The summed E-state index contributed by atoms with van der Waals surface area (Å²) in [6.07, 6.45) is 2.75. The van der Waals surface area contributed by atoms with Crippen molar-refractivity contribution in [3.05, 3.63) is 12.7 Å². The second-order valence-corrected chi connectivity index (χ2v) is 5.45. The third kappa shape index (κ3) is 1.38. The molecule has 0 amide bonds. The van der Waals surface area contributed by atoms with Crippen molar-refractivity contribution in [3.8, 4) is 0 Å². The van der Waals surface area contributed by atoms with Crippen LogP contribution in [0.2, 0.25) is 0 Å². The first-order valence-electron chi connectivity index (χ1n) is 6.59. The molecule has 1 spiro atoms. The van der Waals surface area contributed by atoms with E-state index >= 15 is 0 Å². The predicted molar refractivity (Wildman–Crippen MR) is 68.5 cm³/mol. The lowest BCUT2D eigenvalue weighted by atomic mass is 9.76. The minimum Gasteiger partial charge on any atom is -0.387 e. The SMILES string of the molecule is Nc1ncnc2c1ncn2C1OC2(CCC2)C(O)C1O. The number of hydrogen-bond acceptors (Lipinski definition) is 7. The van der Waals surface area contributed by atoms with Crippen LogP contribution in [0, 0.1) is 0 Å². The number of aromatic nitrogens is 4. The Balaban J connectivity index is 1.78. The fourth-order valence-electron chi connectivity index (χ4n) is 3.06. The van der Waals surface area contributed by atoms with Gasteiger partial charge in [-0.25, -0.2) is 15.0 Å². The highest BCUT2D eigenvalue weighted by molar-refractivity contribution is 5.81. The van der Waals surface area contributed by atoms with Gasteiger partial charge in [-0.1, -0.05) is 0 Å². The molecular weight excluding hydrogens is 262 g/mol. The maximum Gasteiger partial charge on any atom is 0.167 e. The molecule has 3 unspecified atom stereocenters. The maximum absolute atomic E-state index is 10.3. The van der Waals surface area contributed by atoms with E-state index in [-0.39, 0.29) is 5.82 Å². The summed E-state index contributed by atoms with van der Waals surface area (Å²) in [7, 11) is 0. The van der Waals surface area contributed by atoms with Gasteiger partial charge in [-0.05, 0) is 19.3 Å². The Labute approximate surface area is 114 Å². The summed E-state index contributed by atoms with van der Waals surface area (Å²) in [5.74, 6) is 0.278. The molecule has 1 aliphatic heterocycles. The van der Waals surface area contributed by atoms with Crippen molar-refractivity contribution < 1.29 is 14.9 Å². The smallest absolute Gasteiger partial charge is 0.167 e. The zero-order valence-corrected chi connectivity index (χ0v) is 10.7. The van der Waals surface area contributed by atoms with Gasteiger partial charge in [0.05, 0.1) is 11.9 Å². The highest BCUT2D eigenvalue weighted by Crippen LogP contribution is 2.49. The lowest BCUT2D eigenvalue weighted by molar-refractivity contribution is -0.146. The third-order valence-electron chi connectivity index (χ3n) is 4.37. The van der Waals surface area contributed by atoms with Crippen LogP contribution in [0.15, 0.2) is 12.7 Å². The van der Waals surface area contributed by atoms with Crippen LogP contribution in [-0.2, 0) is 4.74 Å². The normalized spacial score (nSPS) is 31.8. The molecule has 2 aliphatic rings. The number of hydrogen-bond donors (Lipinski definition) is 3. The van der Waals surface area contributed by atoms with Gasteiger partial charge in [0.15, 0.2) is 17.7 Å². The van der Waals surface area contributed by atoms with E-state index in [1.54, 1.807) is 4.57 Å². The second kappa shape index (κ2) is 3.87. The Morgan fingerprint density at radius 1 is 1.30 bits per heavy atom. The number of anilines is 1. The molecule has 0 radical (unpaired) electrons. The van der Waals surface area contributed by atoms with Gasteiger partial charge in [0.25, 0.3) is 0 Å². The molecular formula is C12H15N5O3. The van der Waals surface area contributed by atoms with E-state index in [1.165, 1.54) is 12.7 Å². The molecule has 4 N–H and O–H groups in total. The van der Waals surface area contributed by atoms with Gasteiger partial charge in [-0.15, -0.1) is 0 Å². The number of aliphatic hydroxyl groups is 2. The van der Waals surface area contributed by atoms with Crippen molar-refractivity contribution in [1.82, 2.24) is 19.5 Å². The van der Waals surface area contributed by atoms with Crippen LogP contribution in [0.3, 0.4) is 0 Å². The van der Waals surface area contributed by atoms with Crippen molar-refractivity contribution >= 4 is 17.0 Å². The monoisotopic (exact) mass is 277 g/mol. The Morgan fingerprint density at radius 2 is 2.10 bits per heavy atom. The average molecular weight is 277 g/mol. The molecule has 0 bridgehead atoms. The van der Waals surface area contributed by atoms with Crippen LogP contribution in [0.25, 0.3) is 11.2 Å². The molecule has 1 aliphatic carbocycles. The van der Waals surface area contributed by atoms with Gasteiger partial charge in [0.2, 0.25) is 0 Å². The van der Waals surface area contributed by atoms with Crippen LogP contribution in [0.4, 0.5) is 5.82 Å². The first-order valence-corrected chi connectivity index (χ1v) is 6.59. The molecule has 8 heteroatoms. The largest absolute Gasteiger partial charge is 0.387 e. The van der Waals surface area contributed by atoms with Crippen molar-refractivity contribution in [2.24, 2.45) is 0 Å². The van der Waals surface area contributed by atoms with E-state index in [4.69, 9.17) is 10.5 Å². The molecule has 1 saturated carbocycles. The van der Waals surface area contributed by atoms with Gasteiger partial charge in [0.1, 0.15) is 24.1 Å². The summed E-state index contributed by atoms with van der Waals surface area (Å²) >= 11 is 0. The zero-order chi connectivity index (χ0) is 13.9. The van der Waals surface area contributed by atoms with Gasteiger partial charge in [-0.3, -0.25) is 4.57 Å². The summed E-state index contributed by atoms with van der Waals surface area (Å²) in [4.78, 5) is 12.2. The van der Waals surface area contributed by atoms with Crippen LogP contribution < -0.4 is 5.73 Å². The Hall–Kier alpha value is -1.77. The lowest BCUT2D eigenvalue weighted by Gasteiger charge is -2.39. The predicted octanol–water partition coefficient (Wildman–Crippen LogP) is -0.418. The van der Waals surface area contributed by atoms with Crippen LogP contribution in [-0.4, -0.2) is 47.5 Å². The molecule has 20 heavy (non-hydrogen) atoms. The van der Waals surface area contributed by atoms with Crippen molar-refractivity contribution in [1.29, 1.82) is 0 Å². The van der Waals surface area contributed by atoms with E-state index < -0.39 is 24.0 Å². The number of nitrogen functional groups attached to an aromatic ring is 1. The number of nitrogens with zero attached hydrogens (tertiary/aromatic N) is 4. The molecule has 3 atom stereocenters. The number of rotatable bonds is 1. The summed E-state index contributed by atoms with van der Waals surface area (Å²) in [5.41, 5.74) is 6.07. The molecule has 2 aromatic rings. The van der Waals surface area contributed by atoms with E-state index in [9.17, 15) is 10.2 Å².